The minimum absolute atomic E-state index is 0.0300. The summed E-state index contributed by atoms with van der Waals surface area (Å²) in [5.41, 5.74) is 5.26. The van der Waals surface area contributed by atoms with E-state index in [1.165, 1.54) is 11.8 Å². The van der Waals surface area contributed by atoms with Crippen molar-refractivity contribution in [3.05, 3.63) is 110 Å². The van der Waals surface area contributed by atoms with Crippen LogP contribution in [0.1, 0.15) is 42.3 Å². The first kappa shape index (κ1) is 26.8. The van der Waals surface area contributed by atoms with Gasteiger partial charge in [-0.2, -0.15) is 0 Å². The molecule has 39 heavy (non-hydrogen) atoms. The summed E-state index contributed by atoms with van der Waals surface area (Å²) in [7, 11) is 2.01. The van der Waals surface area contributed by atoms with Crippen LogP contribution in [0.25, 0.3) is 5.70 Å². The summed E-state index contributed by atoms with van der Waals surface area (Å²) in [6.07, 6.45) is 0. The number of hydrogen-bond acceptors (Lipinski definition) is 7. The van der Waals surface area contributed by atoms with Crippen LogP contribution in [-0.2, 0) is 11.3 Å². The summed E-state index contributed by atoms with van der Waals surface area (Å²) in [4.78, 5) is 36.8. The van der Waals surface area contributed by atoms with Crippen molar-refractivity contribution >= 4 is 57.5 Å². The van der Waals surface area contributed by atoms with Gasteiger partial charge >= 0.3 is 0 Å². The lowest BCUT2D eigenvalue weighted by Gasteiger charge is -2.19. The number of hydrogen-bond donors (Lipinski definition) is 1. The molecule has 0 atom stereocenters. The maximum Gasteiger partial charge on any atom is 0.269 e. The van der Waals surface area contributed by atoms with Crippen molar-refractivity contribution in [2.75, 3.05) is 18.9 Å². The van der Waals surface area contributed by atoms with E-state index >= 15 is 0 Å². The highest BCUT2D eigenvalue weighted by atomic mass is 32.2. The molecule has 5 rings (SSSR count). The van der Waals surface area contributed by atoms with Crippen LogP contribution in [0, 0.1) is 0 Å². The van der Waals surface area contributed by atoms with Crippen LogP contribution in [0.5, 0.6) is 0 Å². The molecule has 0 bridgehead atoms. The molecule has 3 aromatic carbocycles. The Morgan fingerprint density at radius 1 is 0.974 bits per heavy atom. The van der Waals surface area contributed by atoms with E-state index in [1.807, 2.05) is 68.6 Å². The molecule has 2 aliphatic heterocycles. The molecule has 2 aliphatic rings. The first-order chi connectivity index (χ1) is 18.9. The third-order valence-corrected chi connectivity index (χ3v) is 8.87. The van der Waals surface area contributed by atoms with Crippen LogP contribution in [-0.4, -0.2) is 40.3 Å². The predicted octanol–water partition coefficient (Wildman–Crippen LogP) is 7.32. The van der Waals surface area contributed by atoms with Gasteiger partial charge in [-0.1, -0.05) is 72.4 Å². The Labute approximate surface area is 237 Å². The normalized spacial score (nSPS) is 18.5. The second kappa shape index (κ2) is 11.6. The van der Waals surface area contributed by atoms with Gasteiger partial charge in [0.2, 0.25) is 0 Å². The Morgan fingerprint density at radius 3 is 2.33 bits per heavy atom. The number of aliphatic imine (C=N–C) groups is 1. The van der Waals surface area contributed by atoms with Gasteiger partial charge in [-0.3, -0.25) is 14.5 Å². The third kappa shape index (κ3) is 5.53. The van der Waals surface area contributed by atoms with Gasteiger partial charge in [0.1, 0.15) is 4.91 Å². The summed E-state index contributed by atoms with van der Waals surface area (Å²) in [6, 6.07) is 25.6. The van der Waals surface area contributed by atoms with Crippen molar-refractivity contribution in [1.82, 2.24) is 9.80 Å². The lowest BCUT2D eigenvalue weighted by molar-refractivity contribution is -0.122. The van der Waals surface area contributed by atoms with Crippen molar-refractivity contribution in [3.8, 4) is 0 Å². The summed E-state index contributed by atoms with van der Waals surface area (Å²) in [5, 5.41) is 4.82. The molecule has 1 saturated heterocycles. The molecule has 0 aliphatic carbocycles. The highest BCUT2D eigenvalue weighted by Crippen LogP contribution is 2.50. The van der Waals surface area contributed by atoms with E-state index in [4.69, 9.17) is 4.99 Å². The number of ketones is 1. The molecular formula is C31H30N4O2S2. The molecule has 3 aromatic rings. The molecule has 0 saturated carbocycles. The van der Waals surface area contributed by atoms with Gasteiger partial charge < -0.3 is 10.2 Å². The highest BCUT2D eigenvalue weighted by Gasteiger charge is 2.39. The van der Waals surface area contributed by atoms with Gasteiger partial charge in [0.15, 0.2) is 11.0 Å². The molecule has 2 heterocycles. The standard InChI is InChI=1S/C31H30N4O2S2/c1-5-32-25-17-16-24(20(2)36)18-26(25)33-31-35(19-22-12-8-6-9-13-22)29(37)28(39-31)30-34(4)27(21(3)38-30)23-14-10-7-11-15-23/h6-18,32H,5,19H2,1-4H3. The molecule has 0 radical (unpaired) electrons. The highest BCUT2D eigenvalue weighted by molar-refractivity contribution is 8.19. The average Bonchev–Trinajstić information content (AvgIpc) is 3.40. The maximum absolute atomic E-state index is 14.0. The summed E-state index contributed by atoms with van der Waals surface area (Å²) >= 11 is 3.00. The molecular weight excluding hydrogens is 525 g/mol. The quantitative estimate of drug-likeness (QED) is 0.244. The van der Waals surface area contributed by atoms with E-state index in [1.54, 1.807) is 35.7 Å². The van der Waals surface area contributed by atoms with Crippen molar-refractivity contribution in [2.24, 2.45) is 4.99 Å². The molecule has 198 valence electrons. The van der Waals surface area contributed by atoms with Crippen molar-refractivity contribution in [1.29, 1.82) is 0 Å². The Bertz CT molecular complexity index is 1510. The number of amidine groups is 1. The Morgan fingerprint density at radius 2 is 1.67 bits per heavy atom. The number of nitrogens with zero attached hydrogens (tertiary/aromatic N) is 3. The van der Waals surface area contributed by atoms with Gasteiger partial charge in [-0.15, -0.1) is 0 Å². The van der Waals surface area contributed by atoms with Crippen molar-refractivity contribution < 1.29 is 9.59 Å². The number of thioether (sulfide) groups is 2. The van der Waals surface area contributed by atoms with Crippen LogP contribution in [0.2, 0.25) is 0 Å². The molecule has 0 aromatic heterocycles. The van der Waals surface area contributed by atoms with Crippen molar-refractivity contribution in [2.45, 2.75) is 27.3 Å². The minimum atomic E-state index is -0.0770. The Hall–Kier alpha value is -3.75. The number of carbonyl (C=O) groups is 2. The van der Waals surface area contributed by atoms with Gasteiger partial charge in [-0.05, 0) is 61.9 Å². The van der Waals surface area contributed by atoms with Crippen LogP contribution in [0.4, 0.5) is 11.4 Å². The number of amides is 1. The Balaban J connectivity index is 1.58. The van der Waals surface area contributed by atoms with Gasteiger partial charge in [-0.25, -0.2) is 4.99 Å². The van der Waals surface area contributed by atoms with E-state index in [0.29, 0.717) is 34.4 Å². The summed E-state index contributed by atoms with van der Waals surface area (Å²) < 4.78 is 0. The molecule has 1 N–H and O–H groups in total. The molecule has 6 nitrogen and oxygen atoms in total. The number of benzene rings is 3. The van der Waals surface area contributed by atoms with E-state index in [-0.39, 0.29) is 11.7 Å². The zero-order valence-electron chi connectivity index (χ0n) is 22.4. The second-order valence-corrected chi connectivity index (χ2v) is 11.4. The van der Waals surface area contributed by atoms with Crippen LogP contribution < -0.4 is 5.32 Å². The fourth-order valence-corrected chi connectivity index (χ4v) is 6.91. The Kier molecular flexibility index (Phi) is 7.95. The number of nitrogens with one attached hydrogen (secondary N) is 1. The molecule has 1 fully saturated rings. The SMILES string of the molecule is CCNc1ccc(C(C)=O)cc1N=C1SC(=C2SC(C)=C(c3ccccc3)N2C)C(=O)N1Cc1ccccc1. The fourth-order valence-electron chi connectivity index (χ4n) is 4.60. The number of Topliss-reactive ketones (excluding diaryl/α,β-unsaturated/α-hetero) is 1. The topological polar surface area (TPSA) is 65.0 Å². The molecule has 0 spiro atoms. The van der Waals surface area contributed by atoms with Crippen molar-refractivity contribution in [3.63, 3.8) is 0 Å². The molecule has 8 heteroatoms. The molecule has 0 unspecified atom stereocenters. The maximum atomic E-state index is 14.0. The predicted molar refractivity (Wildman–Crippen MR) is 164 cm³/mol. The van der Waals surface area contributed by atoms with Gasteiger partial charge in [0.25, 0.3) is 5.91 Å². The van der Waals surface area contributed by atoms with E-state index in [9.17, 15) is 9.59 Å². The fraction of sp³-hybridized carbons (Fsp3) is 0.194. The number of rotatable bonds is 7. The van der Waals surface area contributed by atoms with E-state index < -0.39 is 0 Å². The van der Waals surface area contributed by atoms with Gasteiger partial charge in [0.05, 0.1) is 28.6 Å². The zero-order chi connectivity index (χ0) is 27.5. The monoisotopic (exact) mass is 554 g/mol. The smallest absolute Gasteiger partial charge is 0.269 e. The van der Waals surface area contributed by atoms with Crippen LogP contribution in [0.15, 0.2) is 98.7 Å². The first-order valence-corrected chi connectivity index (χ1v) is 14.4. The summed E-state index contributed by atoms with van der Waals surface area (Å²) in [6.45, 7) is 6.76. The molecule has 1 amide bonds. The largest absolute Gasteiger partial charge is 0.384 e. The number of anilines is 1. The van der Waals surface area contributed by atoms with E-state index in [0.717, 1.165) is 32.4 Å². The lowest BCUT2D eigenvalue weighted by atomic mass is 10.1. The third-order valence-electron chi connectivity index (χ3n) is 6.50. The average molecular weight is 555 g/mol. The lowest BCUT2D eigenvalue weighted by Crippen LogP contribution is -2.29. The first-order valence-electron chi connectivity index (χ1n) is 12.8. The minimum Gasteiger partial charge on any atom is -0.384 e. The number of carbonyl (C=O) groups excluding carboxylic acids is 2. The second-order valence-electron chi connectivity index (χ2n) is 9.26. The summed E-state index contributed by atoms with van der Waals surface area (Å²) in [5.74, 6) is -0.107. The van der Waals surface area contributed by atoms with E-state index in [2.05, 4.69) is 29.3 Å². The number of allylic oxidation sites excluding steroid dienone is 1. The van der Waals surface area contributed by atoms with Crippen LogP contribution >= 0.6 is 23.5 Å². The van der Waals surface area contributed by atoms with Crippen LogP contribution in [0.3, 0.4) is 0 Å². The van der Waals surface area contributed by atoms with Gasteiger partial charge in [0, 0.05) is 24.1 Å². The zero-order valence-corrected chi connectivity index (χ0v) is 24.0.